The number of benzene rings is 7. The SMILES string of the molecule is O=C(OC1OC2COC(=O)c3cc(O)c(O)c(O)c3-c3c(O)c(O)c4oc(=O)c5c(c(O)c(O)c6oc(=O)c3c4c65)-c3c(cc(O)c(O)c3O)C(=O)OC2C2OC(=O)c3cc(O)c(O)c(O)c3-c3c(cc(O)c(O)c3O)C(=O)OC12)c1cc(O)c(O)c(O)c1. The summed E-state index contributed by atoms with van der Waals surface area (Å²) in [5, 5.41) is 206. The fraction of sp³-hybridized carbons (Fsp3) is 0.109. The van der Waals surface area contributed by atoms with Crippen molar-refractivity contribution in [3.63, 3.8) is 0 Å². The summed E-state index contributed by atoms with van der Waals surface area (Å²) < 4.78 is 45.1. The van der Waals surface area contributed by atoms with E-state index < -0.39 is 282 Å². The van der Waals surface area contributed by atoms with Crippen LogP contribution in [0.25, 0.3) is 66.1 Å². The van der Waals surface area contributed by atoms with Crippen LogP contribution in [0, 0.1) is 0 Å². The van der Waals surface area contributed by atoms with E-state index in [9.17, 15) is 126 Å². The van der Waals surface area contributed by atoms with Gasteiger partial charge in [-0.3, -0.25) is 0 Å². The molecule has 1 saturated heterocycles. The summed E-state index contributed by atoms with van der Waals surface area (Å²) in [6, 6.07) is 2.10. The molecular formula is C55H32O34. The Morgan fingerprint density at radius 1 is 0.360 bits per heavy atom. The summed E-state index contributed by atoms with van der Waals surface area (Å²) in [5.41, 5.74) is -19.9. The van der Waals surface area contributed by atoms with E-state index in [4.69, 9.17) is 37.3 Å². The molecule has 0 spiro atoms. The van der Waals surface area contributed by atoms with Gasteiger partial charge in [-0.15, -0.1) is 0 Å². The maximum absolute atomic E-state index is 15.3. The average molecular weight is 1240 g/mol. The number of phenols is 19. The second kappa shape index (κ2) is 19.3. The van der Waals surface area contributed by atoms with E-state index in [-0.39, 0.29) is 6.07 Å². The quantitative estimate of drug-likeness (QED) is 0.0389. The second-order valence-electron chi connectivity index (χ2n) is 19.7. The Morgan fingerprint density at radius 3 is 1.08 bits per heavy atom. The van der Waals surface area contributed by atoms with Crippen molar-refractivity contribution in [3.8, 4) is 143 Å². The molecule has 0 saturated carbocycles. The zero-order valence-corrected chi connectivity index (χ0v) is 43.2. The van der Waals surface area contributed by atoms with Crippen molar-refractivity contribution in [3.05, 3.63) is 85.1 Å². The molecule has 12 rings (SSSR count). The molecule has 5 heterocycles. The van der Waals surface area contributed by atoms with Crippen molar-refractivity contribution in [2.45, 2.75) is 30.7 Å². The summed E-state index contributed by atoms with van der Waals surface area (Å²) in [7, 11) is 0. The molecule has 2 aromatic heterocycles. The van der Waals surface area contributed by atoms with Crippen LogP contribution in [0.15, 0.2) is 54.8 Å². The Labute approximate surface area is 484 Å². The van der Waals surface area contributed by atoms with Gasteiger partial charge in [0.25, 0.3) is 0 Å². The first-order valence-corrected chi connectivity index (χ1v) is 24.7. The number of ether oxygens (including phenoxy) is 6. The molecule has 0 amide bonds. The number of esters is 5. The average Bonchev–Trinajstić information content (AvgIpc) is 0.840. The Hall–Kier alpha value is -13.0. The first-order chi connectivity index (χ1) is 41.9. The number of phenolic OH excluding ortho intramolecular Hbond substituents is 19. The maximum atomic E-state index is 15.3. The van der Waals surface area contributed by atoms with Crippen LogP contribution in [-0.2, 0) is 28.4 Å². The van der Waals surface area contributed by atoms with Gasteiger partial charge in [0, 0.05) is 44.2 Å². The number of aromatic hydroxyl groups is 19. The van der Waals surface area contributed by atoms with Gasteiger partial charge in [-0.05, 0) is 36.4 Å². The van der Waals surface area contributed by atoms with Crippen LogP contribution in [0.5, 0.6) is 109 Å². The molecule has 456 valence electrons. The fourth-order valence-corrected chi connectivity index (χ4v) is 10.7. The molecule has 89 heavy (non-hydrogen) atoms. The molecular weight excluding hydrogens is 1200 g/mol. The standard InChI is InChI=1S/C55H32O34/c56-13-1-8(2-14(57)30(13)62)48(75)89-55-47-46(87-51(78)10-4-16(59)31(63)35(67)20(10)21-11(52(79)88-47)5-17(60)32(64)36(21)68)43-19(83-55)7-82-49(76)9-3-15(58)33(65)37(69)22(9)24-28-26-27-29(54(81)86-44(26)41(73)39(24)71)25(40(72)42(74)45(27)85-53(28)80)23-12(50(77)84-43)6-18(61)34(66)38(23)70/h1-6,19,43,46-47,55-74H,7H2. The monoisotopic (exact) mass is 1240 g/mol. The van der Waals surface area contributed by atoms with Crippen LogP contribution in [0.4, 0.5) is 0 Å². The van der Waals surface area contributed by atoms with Gasteiger partial charge in [0.15, 0.2) is 98.1 Å². The molecule has 3 aliphatic heterocycles. The normalized spacial score (nSPS) is 18.2. The largest absolute Gasteiger partial charge is 0.504 e. The molecule has 0 radical (unpaired) electrons. The van der Waals surface area contributed by atoms with Crippen molar-refractivity contribution in [2.24, 2.45) is 0 Å². The topological polar surface area (TPSA) is 586 Å². The Morgan fingerprint density at radius 2 is 0.685 bits per heavy atom. The number of cyclic esters (lactones) is 1. The molecule has 0 aliphatic carbocycles. The zero-order valence-electron chi connectivity index (χ0n) is 43.2. The van der Waals surface area contributed by atoms with Gasteiger partial charge in [0.05, 0.1) is 38.6 Å². The number of rotatable bonds is 2. The van der Waals surface area contributed by atoms with Gasteiger partial charge >= 0.3 is 41.1 Å². The highest BCUT2D eigenvalue weighted by Crippen LogP contribution is 2.59. The van der Waals surface area contributed by atoms with E-state index >= 15 is 4.79 Å². The molecule has 5 unspecified atom stereocenters. The maximum Gasteiger partial charge on any atom is 0.345 e. The molecule has 34 nitrogen and oxygen atoms in total. The minimum atomic E-state index is -2.86. The number of fused-ring (bicyclic) bond motifs is 10. The Bertz CT molecular complexity index is 4880. The summed E-state index contributed by atoms with van der Waals surface area (Å²) >= 11 is 0. The minimum Gasteiger partial charge on any atom is -0.504 e. The van der Waals surface area contributed by atoms with Gasteiger partial charge < -0.3 is 134 Å². The third-order valence-electron chi connectivity index (χ3n) is 14.7. The molecule has 34 heteroatoms. The number of carbonyl (C=O) groups excluding carboxylic acids is 5. The van der Waals surface area contributed by atoms with Gasteiger partial charge in [-0.1, -0.05) is 0 Å². The Balaban J connectivity index is 1.17. The first-order valence-electron chi connectivity index (χ1n) is 24.7. The third-order valence-corrected chi connectivity index (χ3v) is 14.7. The highest BCUT2D eigenvalue weighted by Gasteiger charge is 2.56. The predicted octanol–water partition coefficient (Wildman–Crippen LogP) is 2.94. The molecule has 6 bridgehead atoms. The first kappa shape index (κ1) is 56.5. The predicted molar refractivity (Wildman–Crippen MR) is 280 cm³/mol. The molecule has 7 aromatic carbocycles. The van der Waals surface area contributed by atoms with Crippen molar-refractivity contribution >= 4 is 62.6 Å². The number of hydrogen-bond donors (Lipinski definition) is 19. The lowest BCUT2D eigenvalue weighted by molar-refractivity contribution is -0.282. The highest BCUT2D eigenvalue weighted by molar-refractivity contribution is 6.29. The summed E-state index contributed by atoms with van der Waals surface area (Å²) in [4.78, 5) is 103. The van der Waals surface area contributed by atoms with Crippen molar-refractivity contribution in [1.82, 2.24) is 0 Å². The lowest BCUT2D eigenvalue weighted by Gasteiger charge is -2.44. The highest BCUT2D eigenvalue weighted by atomic mass is 16.7. The van der Waals surface area contributed by atoms with E-state index in [0.717, 1.165) is 0 Å². The van der Waals surface area contributed by atoms with Gasteiger partial charge in [0.2, 0.25) is 46.9 Å². The van der Waals surface area contributed by atoms with Crippen molar-refractivity contribution in [1.29, 1.82) is 0 Å². The molecule has 9 aromatic rings. The molecule has 3 aliphatic rings. The lowest BCUT2D eigenvalue weighted by Crippen LogP contribution is -2.63. The van der Waals surface area contributed by atoms with Crippen molar-refractivity contribution < 1.29 is 158 Å². The van der Waals surface area contributed by atoms with E-state index in [1.54, 1.807) is 0 Å². The third kappa shape index (κ3) is 7.96. The van der Waals surface area contributed by atoms with E-state index in [0.29, 0.717) is 30.3 Å². The van der Waals surface area contributed by atoms with E-state index in [1.807, 2.05) is 0 Å². The van der Waals surface area contributed by atoms with Crippen LogP contribution in [-0.4, -0.2) is 164 Å². The summed E-state index contributed by atoms with van der Waals surface area (Å²) in [6.45, 7) is -1.63. The molecule has 1 fully saturated rings. The Kier molecular flexibility index (Phi) is 12.2. The van der Waals surface area contributed by atoms with Gasteiger partial charge in [-0.2, -0.15) is 0 Å². The van der Waals surface area contributed by atoms with Crippen molar-refractivity contribution in [2.75, 3.05) is 6.61 Å². The van der Waals surface area contributed by atoms with Crippen LogP contribution < -0.4 is 11.3 Å². The number of carbonyl (C=O) groups is 5. The van der Waals surface area contributed by atoms with Crippen LogP contribution in [0.2, 0.25) is 0 Å². The fourth-order valence-electron chi connectivity index (χ4n) is 10.7. The zero-order chi connectivity index (χ0) is 64.3. The van der Waals surface area contributed by atoms with Crippen LogP contribution >= 0.6 is 0 Å². The van der Waals surface area contributed by atoms with Gasteiger partial charge in [-0.25, -0.2) is 33.6 Å². The van der Waals surface area contributed by atoms with Crippen LogP contribution in [0.1, 0.15) is 51.8 Å². The van der Waals surface area contributed by atoms with E-state index in [2.05, 4.69) is 0 Å². The number of hydrogen-bond acceptors (Lipinski definition) is 34. The van der Waals surface area contributed by atoms with E-state index in [1.165, 1.54) is 0 Å². The molecule has 19 N–H and O–H groups in total. The summed E-state index contributed by atoms with van der Waals surface area (Å²) in [5.74, 6) is -38.1. The lowest BCUT2D eigenvalue weighted by atomic mass is 9.87. The smallest absolute Gasteiger partial charge is 0.345 e. The second-order valence-corrected chi connectivity index (χ2v) is 19.7. The van der Waals surface area contributed by atoms with Crippen LogP contribution in [0.3, 0.4) is 0 Å². The van der Waals surface area contributed by atoms with Gasteiger partial charge in [0.1, 0.15) is 12.7 Å². The summed E-state index contributed by atoms with van der Waals surface area (Å²) in [6.07, 6.45) is -13.9. The molecule has 5 atom stereocenters. The minimum absolute atomic E-state index is 0.236.